The summed E-state index contributed by atoms with van der Waals surface area (Å²) in [5, 5.41) is 6.16. The van der Waals surface area contributed by atoms with Gasteiger partial charge in [0, 0.05) is 9.37 Å². The molecule has 0 aliphatic carbocycles. The second-order valence-corrected chi connectivity index (χ2v) is 4.72. The van der Waals surface area contributed by atoms with Crippen molar-refractivity contribution in [3.8, 4) is 0 Å². The number of nitrogens with zero attached hydrogens (tertiary/aromatic N) is 1. The first kappa shape index (κ1) is 10.5. The van der Waals surface area contributed by atoms with Crippen LogP contribution in [0.25, 0.3) is 0 Å². The van der Waals surface area contributed by atoms with Crippen molar-refractivity contribution in [1.82, 2.24) is 15.2 Å². The fraction of sp³-hybridized carbons (Fsp3) is 0.111. The number of thioether (sulfide) groups is 1. The molecule has 0 saturated carbocycles. The summed E-state index contributed by atoms with van der Waals surface area (Å²) in [6.45, 7) is 0. The lowest BCUT2D eigenvalue weighted by molar-refractivity contribution is 1.01. The average Bonchev–Trinajstić information content (AvgIpc) is 2.63. The van der Waals surface area contributed by atoms with Crippen LogP contribution in [0, 0.1) is 0 Å². The quantitative estimate of drug-likeness (QED) is 0.850. The van der Waals surface area contributed by atoms with E-state index >= 15 is 0 Å². The number of halogens is 1. The maximum atomic E-state index is 10.8. The van der Waals surface area contributed by atoms with Crippen molar-refractivity contribution < 1.29 is 0 Å². The molecule has 1 aromatic carbocycles. The molecule has 0 aliphatic heterocycles. The Kier molecular flexibility index (Phi) is 3.27. The molecule has 4 nitrogen and oxygen atoms in total. The monoisotopic (exact) mass is 285 g/mol. The molecule has 0 aliphatic rings. The first-order valence-electron chi connectivity index (χ1n) is 4.26. The molecule has 0 amide bonds. The summed E-state index contributed by atoms with van der Waals surface area (Å²) >= 11 is 5.07. The van der Waals surface area contributed by atoms with Crippen molar-refractivity contribution in [2.75, 3.05) is 0 Å². The first-order valence-corrected chi connectivity index (χ1v) is 6.04. The summed E-state index contributed by atoms with van der Waals surface area (Å²) in [7, 11) is 0. The molecule has 0 bridgehead atoms. The zero-order chi connectivity index (χ0) is 10.7. The van der Waals surface area contributed by atoms with Crippen molar-refractivity contribution >= 4 is 27.7 Å². The van der Waals surface area contributed by atoms with E-state index in [2.05, 4.69) is 31.1 Å². The average molecular weight is 286 g/mol. The maximum Gasteiger partial charge on any atom is 0.340 e. The Hall–Kier alpha value is -1.01. The van der Waals surface area contributed by atoms with Gasteiger partial charge in [-0.2, -0.15) is 5.10 Å². The topological polar surface area (TPSA) is 61.5 Å². The third-order valence-corrected chi connectivity index (χ3v) is 3.79. The Morgan fingerprint density at radius 2 is 2.20 bits per heavy atom. The third kappa shape index (κ3) is 2.73. The summed E-state index contributed by atoms with van der Waals surface area (Å²) in [4.78, 5) is 14.5. The van der Waals surface area contributed by atoms with E-state index in [4.69, 9.17) is 0 Å². The fourth-order valence-corrected chi connectivity index (χ4v) is 2.52. The van der Waals surface area contributed by atoms with Gasteiger partial charge in [0.05, 0.1) is 5.75 Å². The zero-order valence-electron chi connectivity index (χ0n) is 7.66. The van der Waals surface area contributed by atoms with Crippen molar-refractivity contribution in [2.24, 2.45) is 0 Å². The predicted octanol–water partition coefficient (Wildman–Crippen LogP) is 2.15. The van der Waals surface area contributed by atoms with Crippen LogP contribution in [0.1, 0.15) is 5.82 Å². The fourth-order valence-electron chi connectivity index (χ4n) is 1.08. The highest BCUT2D eigenvalue weighted by atomic mass is 79.9. The summed E-state index contributed by atoms with van der Waals surface area (Å²) in [6.07, 6.45) is 0. The van der Waals surface area contributed by atoms with Crippen LogP contribution in [0.3, 0.4) is 0 Å². The number of aromatic nitrogens is 3. The number of aromatic amines is 2. The third-order valence-electron chi connectivity index (χ3n) is 1.75. The second-order valence-electron chi connectivity index (χ2n) is 2.84. The van der Waals surface area contributed by atoms with Crippen LogP contribution < -0.4 is 5.69 Å². The molecule has 0 atom stereocenters. The van der Waals surface area contributed by atoms with E-state index in [0.29, 0.717) is 11.6 Å². The van der Waals surface area contributed by atoms with Crippen molar-refractivity contribution in [2.45, 2.75) is 10.6 Å². The Bertz CT molecular complexity index is 508. The van der Waals surface area contributed by atoms with Gasteiger partial charge in [-0.1, -0.05) is 12.1 Å². The molecule has 0 fully saturated rings. The predicted molar refractivity (Wildman–Crippen MR) is 62.9 cm³/mol. The molecular formula is C9H8BrN3OS. The SMILES string of the molecule is O=c1[nH]nc(CSc2ccccc2Br)[nH]1. The molecule has 0 radical (unpaired) electrons. The highest BCUT2D eigenvalue weighted by Gasteiger charge is 2.02. The minimum absolute atomic E-state index is 0.266. The van der Waals surface area contributed by atoms with Gasteiger partial charge in [-0.3, -0.25) is 4.98 Å². The van der Waals surface area contributed by atoms with Gasteiger partial charge in [-0.25, -0.2) is 9.89 Å². The largest absolute Gasteiger partial charge is 0.340 e. The smallest absolute Gasteiger partial charge is 0.292 e. The Morgan fingerprint density at radius 3 is 2.87 bits per heavy atom. The lowest BCUT2D eigenvalue weighted by Gasteiger charge is -2.00. The van der Waals surface area contributed by atoms with Gasteiger partial charge in [-0.05, 0) is 28.1 Å². The Morgan fingerprint density at radius 1 is 1.40 bits per heavy atom. The number of H-pyrrole nitrogens is 2. The summed E-state index contributed by atoms with van der Waals surface area (Å²) in [6, 6.07) is 7.93. The maximum absolute atomic E-state index is 10.8. The molecular weight excluding hydrogens is 278 g/mol. The van der Waals surface area contributed by atoms with Crippen LogP contribution >= 0.6 is 27.7 Å². The molecule has 0 spiro atoms. The molecule has 78 valence electrons. The standard InChI is InChI=1S/C9H8BrN3OS/c10-6-3-1-2-4-7(6)15-5-8-11-9(14)13-12-8/h1-4H,5H2,(H2,11,12,13,14). The van der Waals surface area contributed by atoms with Gasteiger partial charge < -0.3 is 0 Å². The number of nitrogens with one attached hydrogen (secondary N) is 2. The Balaban J connectivity index is 2.05. The van der Waals surface area contributed by atoms with Crippen LogP contribution in [0.2, 0.25) is 0 Å². The molecule has 6 heteroatoms. The number of hydrogen-bond acceptors (Lipinski definition) is 3. The van der Waals surface area contributed by atoms with Crippen molar-refractivity contribution in [1.29, 1.82) is 0 Å². The molecule has 0 saturated heterocycles. The van der Waals surface area contributed by atoms with Gasteiger partial charge >= 0.3 is 5.69 Å². The summed E-state index contributed by atoms with van der Waals surface area (Å²) in [5.41, 5.74) is -0.266. The van der Waals surface area contributed by atoms with Gasteiger partial charge in [0.1, 0.15) is 5.82 Å². The van der Waals surface area contributed by atoms with Crippen molar-refractivity contribution in [3.05, 3.63) is 45.0 Å². The van der Waals surface area contributed by atoms with Crippen LogP contribution in [0.15, 0.2) is 38.4 Å². The van der Waals surface area contributed by atoms with Crippen LogP contribution in [0.4, 0.5) is 0 Å². The van der Waals surface area contributed by atoms with E-state index < -0.39 is 0 Å². The number of hydrogen-bond donors (Lipinski definition) is 2. The van der Waals surface area contributed by atoms with Gasteiger partial charge in [0.25, 0.3) is 0 Å². The minimum Gasteiger partial charge on any atom is -0.292 e. The van der Waals surface area contributed by atoms with E-state index in [1.165, 1.54) is 0 Å². The number of benzene rings is 1. The van der Waals surface area contributed by atoms with Crippen molar-refractivity contribution in [3.63, 3.8) is 0 Å². The van der Waals surface area contributed by atoms with E-state index in [9.17, 15) is 4.79 Å². The summed E-state index contributed by atoms with van der Waals surface area (Å²) in [5.74, 6) is 1.29. The minimum atomic E-state index is -0.266. The highest BCUT2D eigenvalue weighted by molar-refractivity contribution is 9.10. The highest BCUT2D eigenvalue weighted by Crippen LogP contribution is 2.28. The summed E-state index contributed by atoms with van der Waals surface area (Å²) < 4.78 is 1.05. The first-order chi connectivity index (χ1) is 7.25. The van der Waals surface area contributed by atoms with E-state index in [1.807, 2.05) is 24.3 Å². The van der Waals surface area contributed by atoms with Gasteiger partial charge in [-0.15, -0.1) is 11.8 Å². The second kappa shape index (κ2) is 4.67. The van der Waals surface area contributed by atoms with E-state index in [0.717, 1.165) is 9.37 Å². The van der Waals surface area contributed by atoms with Crippen LogP contribution in [-0.2, 0) is 5.75 Å². The zero-order valence-corrected chi connectivity index (χ0v) is 10.1. The van der Waals surface area contributed by atoms with Gasteiger partial charge in [0.2, 0.25) is 0 Å². The molecule has 0 unspecified atom stereocenters. The lowest BCUT2D eigenvalue weighted by atomic mass is 10.4. The van der Waals surface area contributed by atoms with E-state index in [-0.39, 0.29) is 5.69 Å². The molecule has 15 heavy (non-hydrogen) atoms. The molecule has 1 heterocycles. The normalized spacial score (nSPS) is 10.5. The van der Waals surface area contributed by atoms with Crippen LogP contribution in [-0.4, -0.2) is 15.2 Å². The molecule has 2 N–H and O–H groups in total. The molecule has 1 aromatic heterocycles. The van der Waals surface area contributed by atoms with E-state index in [1.54, 1.807) is 11.8 Å². The van der Waals surface area contributed by atoms with Crippen LogP contribution in [0.5, 0.6) is 0 Å². The Labute approximate surface area is 98.6 Å². The molecule has 2 aromatic rings. The lowest BCUT2D eigenvalue weighted by Crippen LogP contribution is -2.00. The number of rotatable bonds is 3. The van der Waals surface area contributed by atoms with Gasteiger partial charge in [0.15, 0.2) is 0 Å². The molecule has 2 rings (SSSR count).